The van der Waals surface area contributed by atoms with Crippen molar-refractivity contribution in [3.63, 3.8) is 0 Å². The predicted molar refractivity (Wildman–Crippen MR) is 75.8 cm³/mol. The summed E-state index contributed by atoms with van der Waals surface area (Å²) < 4.78 is 0. The fourth-order valence-electron chi connectivity index (χ4n) is 3.01. The number of nitrogens with one attached hydrogen (secondary N) is 1. The van der Waals surface area contributed by atoms with E-state index in [1.165, 1.54) is 0 Å². The second-order valence-electron chi connectivity index (χ2n) is 5.41. The molecule has 2 aliphatic heterocycles. The quantitative estimate of drug-likeness (QED) is 0.819. The number of aromatic hydroxyl groups is 1. The van der Waals surface area contributed by atoms with Gasteiger partial charge >= 0.3 is 0 Å². The summed E-state index contributed by atoms with van der Waals surface area (Å²) in [6.45, 7) is 5.56. The highest BCUT2D eigenvalue weighted by atomic mass is 35.5. The number of carbonyl (C=O) groups is 1. The lowest BCUT2D eigenvalue weighted by atomic mass is 10.0. The molecule has 2 aliphatic rings. The van der Waals surface area contributed by atoms with Crippen molar-refractivity contribution in [3.05, 3.63) is 29.3 Å². The second kappa shape index (κ2) is 5.39. The SMILES string of the molecule is Cc1ccc(O)c(C(=O)N2C[C@H]3CNC[C@H]3C2)c1.Cl. The first kappa shape index (κ1) is 14.2. The number of rotatable bonds is 1. The van der Waals surface area contributed by atoms with Crippen LogP contribution in [0.25, 0.3) is 0 Å². The van der Waals surface area contributed by atoms with Crippen LogP contribution in [0.5, 0.6) is 5.75 Å². The number of nitrogens with zero attached hydrogens (tertiary/aromatic N) is 1. The van der Waals surface area contributed by atoms with Crippen LogP contribution < -0.4 is 5.32 Å². The van der Waals surface area contributed by atoms with Crippen LogP contribution in [-0.2, 0) is 0 Å². The summed E-state index contributed by atoms with van der Waals surface area (Å²) in [5, 5.41) is 13.2. The Kier molecular flexibility index (Phi) is 4.02. The summed E-state index contributed by atoms with van der Waals surface area (Å²) in [7, 11) is 0. The van der Waals surface area contributed by atoms with E-state index in [0.29, 0.717) is 17.4 Å². The largest absolute Gasteiger partial charge is 0.507 e. The Morgan fingerprint density at radius 1 is 1.32 bits per heavy atom. The van der Waals surface area contributed by atoms with E-state index in [2.05, 4.69) is 5.32 Å². The molecular formula is C14H19ClN2O2. The van der Waals surface area contributed by atoms with Gasteiger partial charge in [0.25, 0.3) is 5.91 Å². The molecule has 2 heterocycles. The molecule has 3 rings (SSSR count). The molecule has 0 radical (unpaired) electrons. The third-order valence-electron chi connectivity index (χ3n) is 4.06. The number of aryl methyl sites for hydroxylation is 1. The highest BCUT2D eigenvalue weighted by Crippen LogP contribution is 2.29. The lowest BCUT2D eigenvalue weighted by Gasteiger charge is -2.18. The zero-order valence-corrected chi connectivity index (χ0v) is 11.7. The zero-order valence-electron chi connectivity index (χ0n) is 10.9. The van der Waals surface area contributed by atoms with E-state index < -0.39 is 0 Å². The normalized spacial score (nSPS) is 25.0. The van der Waals surface area contributed by atoms with Gasteiger partial charge in [-0.25, -0.2) is 0 Å². The van der Waals surface area contributed by atoms with Gasteiger partial charge in [0, 0.05) is 26.2 Å². The van der Waals surface area contributed by atoms with Crippen molar-refractivity contribution in [1.82, 2.24) is 10.2 Å². The summed E-state index contributed by atoms with van der Waals surface area (Å²) in [5.41, 5.74) is 1.43. The first-order valence-corrected chi connectivity index (χ1v) is 6.45. The van der Waals surface area contributed by atoms with Crippen molar-refractivity contribution in [2.24, 2.45) is 11.8 Å². The van der Waals surface area contributed by atoms with Crippen molar-refractivity contribution >= 4 is 18.3 Å². The molecule has 0 aliphatic carbocycles. The minimum Gasteiger partial charge on any atom is -0.507 e. The Morgan fingerprint density at radius 3 is 2.58 bits per heavy atom. The van der Waals surface area contributed by atoms with Crippen LogP contribution in [0, 0.1) is 18.8 Å². The van der Waals surface area contributed by atoms with Gasteiger partial charge in [0.05, 0.1) is 5.56 Å². The number of halogens is 1. The lowest BCUT2D eigenvalue weighted by molar-refractivity contribution is 0.0778. The number of phenols is 1. The first-order chi connectivity index (χ1) is 8.65. The molecule has 1 aromatic rings. The number of fused-ring (bicyclic) bond motifs is 1. The average molecular weight is 283 g/mol. The van der Waals surface area contributed by atoms with Crippen LogP contribution >= 0.6 is 12.4 Å². The van der Waals surface area contributed by atoms with Gasteiger partial charge in [-0.2, -0.15) is 0 Å². The number of hydrogen-bond acceptors (Lipinski definition) is 3. The number of phenolic OH excluding ortho intramolecular Hbond substituents is 1. The number of carbonyl (C=O) groups excluding carboxylic acids is 1. The van der Waals surface area contributed by atoms with Crippen LogP contribution in [-0.4, -0.2) is 42.1 Å². The molecule has 19 heavy (non-hydrogen) atoms. The van der Waals surface area contributed by atoms with Gasteiger partial charge in [0.2, 0.25) is 0 Å². The molecule has 104 valence electrons. The Labute approximate surface area is 119 Å². The Bertz CT molecular complexity index is 480. The summed E-state index contributed by atoms with van der Waals surface area (Å²) in [6.07, 6.45) is 0. The van der Waals surface area contributed by atoms with E-state index in [1.54, 1.807) is 12.1 Å². The van der Waals surface area contributed by atoms with Gasteiger partial charge in [0.1, 0.15) is 5.75 Å². The molecule has 0 unspecified atom stereocenters. The maximum Gasteiger partial charge on any atom is 0.257 e. The highest BCUT2D eigenvalue weighted by Gasteiger charge is 2.38. The average Bonchev–Trinajstić information content (AvgIpc) is 2.91. The molecule has 4 nitrogen and oxygen atoms in total. The molecule has 2 N–H and O–H groups in total. The molecular weight excluding hydrogens is 264 g/mol. The Hall–Kier alpha value is -1.26. The maximum absolute atomic E-state index is 12.4. The lowest BCUT2D eigenvalue weighted by Crippen LogP contribution is -2.31. The summed E-state index contributed by atoms with van der Waals surface area (Å²) >= 11 is 0. The van der Waals surface area contributed by atoms with Crippen molar-refractivity contribution < 1.29 is 9.90 Å². The van der Waals surface area contributed by atoms with E-state index >= 15 is 0 Å². The molecule has 0 aromatic heterocycles. The molecule has 0 saturated carbocycles. The first-order valence-electron chi connectivity index (χ1n) is 6.45. The van der Waals surface area contributed by atoms with E-state index in [1.807, 2.05) is 17.9 Å². The van der Waals surface area contributed by atoms with Gasteiger partial charge < -0.3 is 15.3 Å². The van der Waals surface area contributed by atoms with Crippen LogP contribution in [0.2, 0.25) is 0 Å². The fraction of sp³-hybridized carbons (Fsp3) is 0.500. The van der Waals surface area contributed by atoms with E-state index in [4.69, 9.17) is 0 Å². The predicted octanol–water partition coefficient (Wildman–Crippen LogP) is 1.41. The highest BCUT2D eigenvalue weighted by molar-refractivity contribution is 5.97. The maximum atomic E-state index is 12.4. The summed E-state index contributed by atoms with van der Waals surface area (Å²) in [4.78, 5) is 14.3. The number of benzene rings is 1. The van der Waals surface area contributed by atoms with Gasteiger partial charge in [0.15, 0.2) is 0 Å². The molecule has 0 spiro atoms. The van der Waals surface area contributed by atoms with Crippen molar-refractivity contribution in [3.8, 4) is 5.75 Å². The van der Waals surface area contributed by atoms with E-state index in [0.717, 1.165) is 31.7 Å². The van der Waals surface area contributed by atoms with Crippen LogP contribution in [0.1, 0.15) is 15.9 Å². The smallest absolute Gasteiger partial charge is 0.257 e. The minimum atomic E-state index is -0.0365. The van der Waals surface area contributed by atoms with Crippen LogP contribution in [0.15, 0.2) is 18.2 Å². The number of hydrogen-bond donors (Lipinski definition) is 2. The van der Waals surface area contributed by atoms with Crippen molar-refractivity contribution in [2.45, 2.75) is 6.92 Å². The van der Waals surface area contributed by atoms with Crippen LogP contribution in [0.3, 0.4) is 0 Å². The van der Waals surface area contributed by atoms with E-state index in [-0.39, 0.29) is 24.1 Å². The monoisotopic (exact) mass is 282 g/mol. The van der Waals surface area contributed by atoms with Crippen molar-refractivity contribution in [1.29, 1.82) is 0 Å². The van der Waals surface area contributed by atoms with Gasteiger partial charge in [-0.1, -0.05) is 11.6 Å². The third kappa shape index (κ3) is 2.55. The topological polar surface area (TPSA) is 52.6 Å². The van der Waals surface area contributed by atoms with Gasteiger partial charge in [-0.15, -0.1) is 12.4 Å². The molecule has 0 bridgehead atoms. The third-order valence-corrected chi connectivity index (χ3v) is 4.06. The van der Waals surface area contributed by atoms with Crippen molar-refractivity contribution in [2.75, 3.05) is 26.2 Å². The number of amides is 1. The minimum absolute atomic E-state index is 0. The zero-order chi connectivity index (χ0) is 12.7. The Morgan fingerprint density at radius 2 is 1.95 bits per heavy atom. The molecule has 1 aromatic carbocycles. The molecule has 2 atom stereocenters. The summed E-state index contributed by atoms with van der Waals surface area (Å²) in [5.74, 6) is 1.22. The molecule has 2 saturated heterocycles. The van der Waals surface area contributed by atoms with Gasteiger partial charge in [-0.05, 0) is 30.9 Å². The van der Waals surface area contributed by atoms with Gasteiger partial charge in [-0.3, -0.25) is 4.79 Å². The van der Waals surface area contributed by atoms with E-state index in [9.17, 15) is 9.90 Å². The second-order valence-corrected chi connectivity index (χ2v) is 5.41. The van der Waals surface area contributed by atoms with Crippen LogP contribution in [0.4, 0.5) is 0 Å². The number of likely N-dealkylation sites (tertiary alicyclic amines) is 1. The Balaban J connectivity index is 0.00000133. The molecule has 2 fully saturated rings. The molecule has 5 heteroatoms. The fourth-order valence-corrected chi connectivity index (χ4v) is 3.01. The summed E-state index contributed by atoms with van der Waals surface area (Å²) in [6, 6.07) is 5.18. The standard InChI is InChI=1S/C14H18N2O2.ClH/c1-9-2-3-13(17)12(4-9)14(18)16-7-10-5-15-6-11(10)8-16;/h2-4,10-11,15,17H,5-8H2,1H3;1H/t10-,11+;. The molecule has 1 amide bonds.